The maximum Gasteiger partial charge on any atom is -0.0141 e. The zero-order chi connectivity index (χ0) is 12.9. The summed E-state index contributed by atoms with van der Waals surface area (Å²) in [6.45, 7) is 12.3. The van der Waals surface area contributed by atoms with Gasteiger partial charge in [-0.15, -0.1) is 0 Å². The first-order valence-electron chi connectivity index (χ1n) is 8.12. The molecule has 0 heterocycles. The second-order valence-electron chi connectivity index (χ2n) is 8.20. The number of hydrogen-bond donors (Lipinski definition) is 0. The smallest absolute Gasteiger partial charge is 0.0141 e. The highest BCUT2D eigenvalue weighted by atomic mass is 14.9. The van der Waals surface area contributed by atoms with E-state index in [0.29, 0.717) is 0 Å². The number of fused-ring (bicyclic) bond motifs is 2. The third-order valence-electron chi connectivity index (χ3n) is 7.87. The summed E-state index contributed by atoms with van der Waals surface area (Å²) in [5.41, 5.74) is 3.23. The molecule has 4 saturated carbocycles. The van der Waals surface area contributed by atoms with Crippen LogP contribution in [-0.2, 0) is 0 Å². The number of rotatable bonds is 3. The van der Waals surface area contributed by atoms with Gasteiger partial charge in [0.2, 0.25) is 0 Å². The standard InChI is InChI=1S/C18H28/c1-6-10(2)14(13-7-8-13)15-16-17(15,5)12(4)18(16)9-11(18)3/h6,11-16H,7-9H2,1-5H3. The maximum absolute atomic E-state index is 2.61. The van der Waals surface area contributed by atoms with E-state index in [-0.39, 0.29) is 0 Å². The molecule has 7 unspecified atom stereocenters. The predicted octanol–water partition coefficient (Wildman–Crippen LogP) is 4.91. The molecule has 0 bridgehead atoms. The van der Waals surface area contributed by atoms with Crippen LogP contribution in [0.5, 0.6) is 0 Å². The van der Waals surface area contributed by atoms with E-state index in [1.807, 2.05) is 0 Å². The van der Waals surface area contributed by atoms with Crippen LogP contribution in [0.2, 0.25) is 0 Å². The lowest BCUT2D eigenvalue weighted by Gasteiger charge is -2.42. The molecule has 1 spiro atoms. The van der Waals surface area contributed by atoms with Crippen molar-refractivity contribution in [2.75, 3.05) is 0 Å². The van der Waals surface area contributed by atoms with E-state index in [4.69, 9.17) is 0 Å². The third-order valence-corrected chi connectivity index (χ3v) is 7.87. The van der Waals surface area contributed by atoms with Gasteiger partial charge in [0.25, 0.3) is 0 Å². The topological polar surface area (TPSA) is 0 Å². The minimum Gasteiger partial charge on any atom is -0.0884 e. The van der Waals surface area contributed by atoms with E-state index in [9.17, 15) is 0 Å². The lowest BCUT2D eigenvalue weighted by atomic mass is 9.62. The molecule has 7 atom stereocenters. The molecule has 0 nitrogen and oxygen atoms in total. The second-order valence-corrected chi connectivity index (χ2v) is 8.20. The Morgan fingerprint density at radius 1 is 1.28 bits per heavy atom. The van der Waals surface area contributed by atoms with Crippen molar-refractivity contribution in [2.45, 2.75) is 53.9 Å². The van der Waals surface area contributed by atoms with Crippen LogP contribution in [0.15, 0.2) is 11.6 Å². The van der Waals surface area contributed by atoms with Crippen LogP contribution in [0.25, 0.3) is 0 Å². The van der Waals surface area contributed by atoms with Crippen molar-refractivity contribution >= 4 is 0 Å². The molecule has 0 radical (unpaired) electrons. The van der Waals surface area contributed by atoms with Crippen molar-refractivity contribution in [3.63, 3.8) is 0 Å². The monoisotopic (exact) mass is 244 g/mol. The molecule has 0 amide bonds. The SMILES string of the molecule is CC=C(C)C(C1CC1)C1C2C1(C)C(C)C21CC1C. The average molecular weight is 244 g/mol. The van der Waals surface area contributed by atoms with Crippen LogP contribution in [0, 0.1) is 46.3 Å². The minimum absolute atomic E-state index is 0.724. The van der Waals surface area contributed by atoms with Crippen molar-refractivity contribution in [1.82, 2.24) is 0 Å². The summed E-state index contributed by atoms with van der Waals surface area (Å²) < 4.78 is 0. The van der Waals surface area contributed by atoms with Gasteiger partial charge in [-0.1, -0.05) is 32.4 Å². The summed E-state index contributed by atoms with van der Waals surface area (Å²) in [4.78, 5) is 0. The zero-order valence-electron chi connectivity index (χ0n) is 12.7. The quantitative estimate of drug-likeness (QED) is 0.619. The zero-order valence-corrected chi connectivity index (χ0v) is 12.7. The van der Waals surface area contributed by atoms with E-state index in [1.54, 1.807) is 5.57 Å². The fourth-order valence-electron chi connectivity index (χ4n) is 6.49. The lowest BCUT2D eigenvalue weighted by Crippen LogP contribution is -2.37. The Labute approximate surface area is 112 Å². The van der Waals surface area contributed by atoms with Gasteiger partial charge in [0.1, 0.15) is 0 Å². The summed E-state index contributed by atoms with van der Waals surface area (Å²) in [5, 5.41) is 0. The van der Waals surface area contributed by atoms with Gasteiger partial charge in [-0.25, -0.2) is 0 Å². The highest BCUT2D eigenvalue weighted by Gasteiger charge is 2.89. The molecular weight excluding hydrogens is 216 g/mol. The second kappa shape index (κ2) is 3.07. The molecule has 0 aromatic rings. The van der Waals surface area contributed by atoms with Gasteiger partial charge >= 0.3 is 0 Å². The fraction of sp³-hybridized carbons (Fsp3) is 0.889. The fourth-order valence-corrected chi connectivity index (χ4v) is 6.49. The molecular formula is C18H28. The van der Waals surface area contributed by atoms with Crippen molar-refractivity contribution < 1.29 is 0 Å². The van der Waals surface area contributed by atoms with Gasteiger partial charge in [0, 0.05) is 0 Å². The number of hydrogen-bond acceptors (Lipinski definition) is 0. The molecule has 4 aliphatic rings. The number of allylic oxidation sites excluding steroid dienone is 2. The Balaban J connectivity index is 1.64. The molecule has 0 aliphatic heterocycles. The first-order valence-corrected chi connectivity index (χ1v) is 8.12. The molecule has 4 rings (SSSR count). The van der Waals surface area contributed by atoms with E-state index < -0.39 is 0 Å². The van der Waals surface area contributed by atoms with Gasteiger partial charge in [-0.3, -0.25) is 0 Å². The summed E-state index contributed by atoms with van der Waals surface area (Å²) in [5.74, 6) is 6.16. The van der Waals surface area contributed by atoms with Crippen molar-refractivity contribution in [1.29, 1.82) is 0 Å². The molecule has 0 saturated heterocycles. The van der Waals surface area contributed by atoms with Crippen LogP contribution in [0.3, 0.4) is 0 Å². The average Bonchev–Trinajstić information content (AvgIpc) is 3.23. The van der Waals surface area contributed by atoms with Crippen molar-refractivity contribution in [3.8, 4) is 0 Å². The first-order chi connectivity index (χ1) is 8.49. The summed E-state index contributed by atoms with van der Waals surface area (Å²) in [6.07, 6.45) is 6.95. The molecule has 0 aromatic carbocycles. The van der Waals surface area contributed by atoms with E-state index in [0.717, 1.165) is 46.3 Å². The highest BCUT2D eigenvalue weighted by Crippen LogP contribution is 2.93. The van der Waals surface area contributed by atoms with Crippen LogP contribution in [-0.4, -0.2) is 0 Å². The van der Waals surface area contributed by atoms with Gasteiger partial charge in [-0.2, -0.15) is 0 Å². The van der Waals surface area contributed by atoms with Crippen LogP contribution in [0.1, 0.15) is 53.9 Å². The molecule has 100 valence electrons. The predicted molar refractivity (Wildman–Crippen MR) is 76.1 cm³/mol. The maximum atomic E-state index is 2.61. The Hall–Kier alpha value is -0.260. The largest absolute Gasteiger partial charge is 0.0884 e. The highest BCUT2D eigenvalue weighted by molar-refractivity contribution is 5.38. The third kappa shape index (κ3) is 1.03. The molecule has 0 heteroatoms. The molecule has 18 heavy (non-hydrogen) atoms. The van der Waals surface area contributed by atoms with E-state index in [1.165, 1.54) is 19.3 Å². The Morgan fingerprint density at radius 3 is 2.28 bits per heavy atom. The Morgan fingerprint density at radius 2 is 1.89 bits per heavy atom. The molecule has 4 aliphatic carbocycles. The van der Waals surface area contributed by atoms with Crippen LogP contribution < -0.4 is 0 Å². The van der Waals surface area contributed by atoms with Gasteiger partial charge in [0.05, 0.1) is 0 Å². The van der Waals surface area contributed by atoms with Crippen LogP contribution >= 0.6 is 0 Å². The summed E-state index contributed by atoms with van der Waals surface area (Å²) >= 11 is 0. The molecule has 0 aromatic heterocycles. The van der Waals surface area contributed by atoms with Crippen molar-refractivity contribution in [2.24, 2.45) is 46.3 Å². The minimum atomic E-state index is 0.724. The van der Waals surface area contributed by atoms with Gasteiger partial charge < -0.3 is 0 Å². The van der Waals surface area contributed by atoms with Crippen LogP contribution in [0.4, 0.5) is 0 Å². The van der Waals surface area contributed by atoms with Gasteiger partial charge in [0.15, 0.2) is 0 Å². The van der Waals surface area contributed by atoms with Gasteiger partial charge in [-0.05, 0) is 79.4 Å². The Bertz CT molecular complexity index is 429. The van der Waals surface area contributed by atoms with Crippen molar-refractivity contribution in [3.05, 3.63) is 11.6 Å². The Kier molecular flexibility index (Phi) is 1.97. The van der Waals surface area contributed by atoms with E-state index >= 15 is 0 Å². The van der Waals surface area contributed by atoms with E-state index in [2.05, 4.69) is 40.7 Å². The lowest BCUT2D eigenvalue weighted by molar-refractivity contribution is 0.0514. The molecule has 0 N–H and O–H groups in total. The first kappa shape index (κ1) is 11.6. The summed E-state index contributed by atoms with van der Waals surface area (Å²) in [6, 6.07) is 0. The normalized spacial score (nSPS) is 59.1. The molecule has 4 fully saturated rings. The summed E-state index contributed by atoms with van der Waals surface area (Å²) in [7, 11) is 0.